The number of fused-ring (bicyclic) bond motifs is 1. The van der Waals surface area contributed by atoms with E-state index in [1.54, 1.807) is 5.41 Å². The van der Waals surface area contributed by atoms with Crippen LogP contribution >= 0.6 is 11.8 Å². The summed E-state index contributed by atoms with van der Waals surface area (Å²) in [6, 6.07) is 5.65. The van der Waals surface area contributed by atoms with Crippen molar-refractivity contribution in [3.05, 3.63) is 35.9 Å². The first-order chi connectivity index (χ1) is 7.81. The Morgan fingerprint density at radius 2 is 2.38 bits per heavy atom. The van der Waals surface area contributed by atoms with E-state index in [1.165, 1.54) is 24.9 Å². The van der Waals surface area contributed by atoms with Crippen molar-refractivity contribution in [1.29, 1.82) is 0 Å². The molecule has 0 amide bonds. The molecule has 0 N–H and O–H groups in total. The highest BCUT2D eigenvalue weighted by Gasteiger charge is 2.02. The summed E-state index contributed by atoms with van der Waals surface area (Å²) in [5.41, 5.74) is 0.775. The molecule has 0 radical (unpaired) electrons. The third kappa shape index (κ3) is 2.22. The van der Waals surface area contributed by atoms with Crippen LogP contribution in [0.3, 0.4) is 0 Å². The molecule has 0 aliphatic rings. The van der Waals surface area contributed by atoms with Crippen molar-refractivity contribution >= 4 is 23.4 Å². The summed E-state index contributed by atoms with van der Waals surface area (Å²) in [7, 11) is 1.34. The van der Waals surface area contributed by atoms with Gasteiger partial charge in [0, 0.05) is 12.3 Å². The molecule has 6 heteroatoms. The van der Waals surface area contributed by atoms with Crippen molar-refractivity contribution in [2.75, 3.05) is 7.11 Å². The van der Waals surface area contributed by atoms with E-state index >= 15 is 0 Å². The molecule has 0 saturated heterocycles. The number of hydrogen-bond donors (Lipinski definition) is 0. The molecule has 2 aromatic rings. The van der Waals surface area contributed by atoms with Gasteiger partial charge in [-0.3, -0.25) is 4.40 Å². The smallest absolute Gasteiger partial charge is 0.330 e. The fourth-order valence-electron chi connectivity index (χ4n) is 1.12. The molecule has 0 spiro atoms. The molecule has 0 atom stereocenters. The van der Waals surface area contributed by atoms with E-state index in [-0.39, 0.29) is 5.97 Å². The number of pyridine rings is 1. The zero-order valence-electron chi connectivity index (χ0n) is 8.53. The average Bonchev–Trinajstić information content (AvgIpc) is 2.73. The van der Waals surface area contributed by atoms with Crippen LogP contribution in [0.4, 0.5) is 0 Å². The Kier molecular flexibility index (Phi) is 3.21. The molecule has 0 aliphatic heterocycles. The van der Waals surface area contributed by atoms with Crippen molar-refractivity contribution in [1.82, 2.24) is 14.6 Å². The predicted octanol–water partition coefficient (Wildman–Crippen LogP) is 1.51. The molecule has 0 fully saturated rings. The van der Waals surface area contributed by atoms with Crippen LogP contribution < -0.4 is 0 Å². The summed E-state index contributed by atoms with van der Waals surface area (Å²) in [5.74, 6) is -0.388. The summed E-state index contributed by atoms with van der Waals surface area (Å²) in [5, 5.41) is 10.3. The highest BCUT2D eigenvalue weighted by Crippen LogP contribution is 2.17. The van der Waals surface area contributed by atoms with Crippen LogP contribution in [0.25, 0.3) is 5.65 Å². The number of carbonyl (C=O) groups excluding carboxylic acids is 1. The van der Waals surface area contributed by atoms with Gasteiger partial charge in [0.15, 0.2) is 10.8 Å². The van der Waals surface area contributed by atoms with Gasteiger partial charge in [0.1, 0.15) is 0 Å². The second kappa shape index (κ2) is 4.80. The quantitative estimate of drug-likeness (QED) is 0.458. The Labute approximate surface area is 96.1 Å². The molecule has 0 aliphatic carbocycles. The molecule has 0 bridgehead atoms. The molecule has 2 aromatic heterocycles. The Balaban J connectivity index is 2.16. The van der Waals surface area contributed by atoms with E-state index in [0.717, 1.165) is 5.65 Å². The van der Waals surface area contributed by atoms with Gasteiger partial charge in [-0.15, -0.1) is 10.2 Å². The van der Waals surface area contributed by atoms with Gasteiger partial charge < -0.3 is 4.74 Å². The minimum atomic E-state index is -0.388. The summed E-state index contributed by atoms with van der Waals surface area (Å²) < 4.78 is 6.31. The number of methoxy groups -OCH3 is 1. The van der Waals surface area contributed by atoms with Gasteiger partial charge in [-0.2, -0.15) is 0 Å². The highest BCUT2D eigenvalue weighted by atomic mass is 32.2. The fraction of sp³-hybridized carbons (Fsp3) is 0.100. The highest BCUT2D eigenvalue weighted by molar-refractivity contribution is 8.02. The number of rotatable bonds is 3. The molecule has 5 nitrogen and oxygen atoms in total. The van der Waals surface area contributed by atoms with E-state index < -0.39 is 0 Å². The summed E-state index contributed by atoms with van der Waals surface area (Å²) in [4.78, 5) is 10.8. The monoisotopic (exact) mass is 235 g/mol. The number of aromatic nitrogens is 3. The van der Waals surface area contributed by atoms with Gasteiger partial charge >= 0.3 is 5.97 Å². The third-order valence-corrected chi connectivity index (χ3v) is 2.62. The molecule has 0 unspecified atom stereocenters. The van der Waals surface area contributed by atoms with Gasteiger partial charge in [0.25, 0.3) is 0 Å². The van der Waals surface area contributed by atoms with E-state index in [9.17, 15) is 4.79 Å². The maximum Gasteiger partial charge on any atom is 0.330 e. The molecule has 0 aromatic carbocycles. The van der Waals surface area contributed by atoms with Gasteiger partial charge in [0.05, 0.1) is 7.11 Å². The van der Waals surface area contributed by atoms with Gasteiger partial charge in [-0.1, -0.05) is 17.8 Å². The van der Waals surface area contributed by atoms with E-state index in [0.29, 0.717) is 5.16 Å². The van der Waals surface area contributed by atoms with Crippen molar-refractivity contribution in [2.45, 2.75) is 5.16 Å². The summed E-state index contributed by atoms with van der Waals surface area (Å²) in [6.07, 6.45) is 3.21. The number of thioether (sulfide) groups is 1. The summed E-state index contributed by atoms with van der Waals surface area (Å²) in [6.45, 7) is 0. The second-order valence-corrected chi connectivity index (χ2v) is 3.73. The minimum absolute atomic E-state index is 0.388. The van der Waals surface area contributed by atoms with Gasteiger partial charge in [-0.25, -0.2) is 4.79 Å². The molecule has 16 heavy (non-hydrogen) atoms. The van der Waals surface area contributed by atoms with Crippen LogP contribution in [0.2, 0.25) is 0 Å². The maximum atomic E-state index is 10.8. The van der Waals surface area contributed by atoms with Crippen molar-refractivity contribution < 1.29 is 9.53 Å². The topological polar surface area (TPSA) is 56.5 Å². The first-order valence-electron chi connectivity index (χ1n) is 4.52. The maximum absolute atomic E-state index is 10.8. The molecule has 82 valence electrons. The zero-order chi connectivity index (χ0) is 11.4. The first kappa shape index (κ1) is 10.7. The Hall–Kier alpha value is -1.82. The van der Waals surface area contributed by atoms with Crippen LogP contribution in [0.15, 0.2) is 41.0 Å². The van der Waals surface area contributed by atoms with Crippen molar-refractivity contribution in [2.24, 2.45) is 0 Å². The lowest BCUT2D eigenvalue weighted by Crippen LogP contribution is -1.92. The first-order valence-corrected chi connectivity index (χ1v) is 5.40. The predicted molar refractivity (Wildman–Crippen MR) is 60.0 cm³/mol. The summed E-state index contributed by atoms with van der Waals surface area (Å²) >= 11 is 1.31. The van der Waals surface area contributed by atoms with Crippen LogP contribution in [0, 0.1) is 0 Å². The van der Waals surface area contributed by atoms with Crippen LogP contribution in [0.1, 0.15) is 0 Å². The number of hydrogen-bond acceptors (Lipinski definition) is 5. The Morgan fingerprint density at radius 3 is 3.19 bits per heavy atom. The standard InChI is InChI=1S/C10H9N3O2S/c1-15-9(14)5-7-16-10-12-11-8-4-2-3-6-13(8)10/h2-7H,1H3. The van der Waals surface area contributed by atoms with E-state index in [1.807, 2.05) is 28.8 Å². The van der Waals surface area contributed by atoms with Gasteiger partial charge in [-0.05, 0) is 17.5 Å². The molecular formula is C10H9N3O2S. The molecule has 2 rings (SSSR count). The largest absolute Gasteiger partial charge is 0.466 e. The van der Waals surface area contributed by atoms with Crippen molar-refractivity contribution in [3.8, 4) is 0 Å². The van der Waals surface area contributed by atoms with E-state index in [2.05, 4.69) is 14.9 Å². The fourth-order valence-corrected chi connectivity index (χ4v) is 1.78. The second-order valence-electron chi connectivity index (χ2n) is 2.86. The average molecular weight is 235 g/mol. The Bertz CT molecular complexity index is 536. The Morgan fingerprint density at radius 1 is 1.50 bits per heavy atom. The minimum Gasteiger partial charge on any atom is -0.466 e. The number of carbonyl (C=O) groups is 1. The van der Waals surface area contributed by atoms with E-state index in [4.69, 9.17) is 0 Å². The normalized spacial score (nSPS) is 11.1. The lowest BCUT2D eigenvalue weighted by Gasteiger charge is -1.94. The van der Waals surface area contributed by atoms with Gasteiger partial charge in [0.2, 0.25) is 0 Å². The molecular weight excluding hydrogens is 226 g/mol. The van der Waals surface area contributed by atoms with Crippen LogP contribution in [-0.2, 0) is 9.53 Å². The molecule has 0 saturated carbocycles. The van der Waals surface area contributed by atoms with Crippen LogP contribution in [0.5, 0.6) is 0 Å². The number of nitrogens with zero attached hydrogens (tertiary/aromatic N) is 3. The zero-order valence-corrected chi connectivity index (χ0v) is 9.35. The number of esters is 1. The SMILES string of the molecule is COC(=O)C=CSc1nnc2ccccn12. The lowest BCUT2D eigenvalue weighted by atomic mass is 10.5. The molecule has 2 heterocycles. The van der Waals surface area contributed by atoms with Crippen LogP contribution in [-0.4, -0.2) is 27.7 Å². The number of ether oxygens (including phenoxy) is 1. The lowest BCUT2D eigenvalue weighted by molar-refractivity contribution is -0.134. The third-order valence-electron chi connectivity index (χ3n) is 1.86. The van der Waals surface area contributed by atoms with Crippen molar-refractivity contribution in [3.63, 3.8) is 0 Å².